The molecule has 218 valence electrons. The second-order valence-electron chi connectivity index (χ2n) is 11.1. The average Bonchev–Trinajstić information content (AvgIpc) is 3.42. The Morgan fingerprint density at radius 1 is 1.20 bits per heavy atom. The zero-order valence-corrected chi connectivity index (χ0v) is 23.4. The highest BCUT2D eigenvalue weighted by molar-refractivity contribution is 5.69. The number of likely N-dealkylation sites (tertiary alicyclic amines) is 1. The maximum absolute atomic E-state index is 15.5. The van der Waals surface area contributed by atoms with E-state index in [0.29, 0.717) is 37.8 Å². The van der Waals surface area contributed by atoms with E-state index in [9.17, 15) is 9.18 Å². The van der Waals surface area contributed by atoms with Crippen LogP contribution in [-0.2, 0) is 9.47 Å². The second kappa shape index (κ2) is 11.4. The topological polar surface area (TPSA) is 112 Å². The summed E-state index contributed by atoms with van der Waals surface area (Å²) in [7, 11) is 0. The van der Waals surface area contributed by atoms with Crippen molar-refractivity contribution in [2.75, 3.05) is 31.6 Å². The van der Waals surface area contributed by atoms with E-state index in [1.165, 1.54) is 24.4 Å². The van der Waals surface area contributed by atoms with Crippen LogP contribution in [0.1, 0.15) is 39.5 Å². The summed E-state index contributed by atoms with van der Waals surface area (Å²) >= 11 is 0. The summed E-state index contributed by atoms with van der Waals surface area (Å²) in [6.07, 6.45) is 2.07. The first kappa shape index (κ1) is 28.5. The van der Waals surface area contributed by atoms with E-state index in [1.807, 2.05) is 13.8 Å². The van der Waals surface area contributed by atoms with Crippen molar-refractivity contribution < 1.29 is 32.3 Å². The number of hydrogen-bond donors (Lipinski definition) is 1. The minimum Gasteiger partial charge on any atom is -0.471 e. The molecule has 12 heteroatoms. The van der Waals surface area contributed by atoms with Crippen molar-refractivity contribution in [2.24, 2.45) is 11.8 Å². The molecule has 0 aliphatic carbocycles. The summed E-state index contributed by atoms with van der Waals surface area (Å²) in [4.78, 5) is 22.7. The first-order chi connectivity index (χ1) is 19.5. The number of anilines is 2. The van der Waals surface area contributed by atoms with Crippen LogP contribution in [0.5, 0.6) is 5.88 Å². The van der Waals surface area contributed by atoms with Gasteiger partial charge in [-0.15, -0.1) is 0 Å². The van der Waals surface area contributed by atoms with E-state index in [4.69, 9.17) is 18.7 Å². The Kier molecular flexibility index (Phi) is 7.94. The van der Waals surface area contributed by atoms with Gasteiger partial charge in [0.15, 0.2) is 0 Å². The molecule has 2 unspecified atom stereocenters. The third-order valence-corrected chi connectivity index (χ3v) is 7.14. The summed E-state index contributed by atoms with van der Waals surface area (Å²) < 4.78 is 53.1. The standard InChI is InChI=1S/C29H33F2N5O5/c1-6-29(4,5)40-28(37)36-12-18-14-38-15-19(13-36)24(18)39-27-23(31)22(9-10-32-27)33-21-8-7-17(11-20(21)30)25-34-26(16(2)3)41-35-25/h6-11,16,18-19,24H,1,12-15H2,2-5H3,(H,32,33). The molecule has 3 aromatic rings. The Morgan fingerprint density at radius 2 is 1.93 bits per heavy atom. The number of rotatable bonds is 8. The summed E-state index contributed by atoms with van der Waals surface area (Å²) in [6, 6.07) is 5.74. The van der Waals surface area contributed by atoms with Crippen LogP contribution in [0.3, 0.4) is 0 Å². The van der Waals surface area contributed by atoms with E-state index in [1.54, 1.807) is 30.9 Å². The first-order valence-electron chi connectivity index (χ1n) is 13.5. The summed E-state index contributed by atoms with van der Waals surface area (Å²) in [5.41, 5.74) is -0.324. The van der Waals surface area contributed by atoms with Crippen molar-refractivity contribution in [3.05, 3.63) is 60.6 Å². The molecule has 1 amide bonds. The summed E-state index contributed by atoms with van der Waals surface area (Å²) in [5, 5.41) is 6.69. The smallest absolute Gasteiger partial charge is 0.410 e. The molecule has 2 bridgehead atoms. The second-order valence-corrected chi connectivity index (χ2v) is 11.1. The molecular weight excluding hydrogens is 536 g/mol. The van der Waals surface area contributed by atoms with Crippen molar-refractivity contribution >= 4 is 17.5 Å². The van der Waals surface area contributed by atoms with Gasteiger partial charge in [-0.3, -0.25) is 0 Å². The minimum atomic E-state index is -0.805. The van der Waals surface area contributed by atoms with Gasteiger partial charge in [-0.1, -0.05) is 25.6 Å². The normalized spacial score (nSPS) is 20.6. The number of fused-ring (bicyclic) bond motifs is 2. The molecule has 0 radical (unpaired) electrons. The van der Waals surface area contributed by atoms with Crippen molar-refractivity contribution in [3.8, 4) is 17.3 Å². The van der Waals surface area contributed by atoms with Crippen molar-refractivity contribution in [1.82, 2.24) is 20.0 Å². The summed E-state index contributed by atoms with van der Waals surface area (Å²) in [6.45, 7) is 12.4. The predicted molar refractivity (Wildman–Crippen MR) is 146 cm³/mol. The zero-order valence-electron chi connectivity index (χ0n) is 23.4. The molecule has 4 heterocycles. The molecule has 10 nitrogen and oxygen atoms in total. The van der Waals surface area contributed by atoms with Gasteiger partial charge in [0.1, 0.15) is 17.5 Å². The highest BCUT2D eigenvalue weighted by Gasteiger charge is 2.45. The summed E-state index contributed by atoms with van der Waals surface area (Å²) in [5.74, 6) is -1.27. The number of benzene rings is 1. The van der Waals surface area contributed by atoms with Gasteiger partial charge in [-0.2, -0.15) is 9.37 Å². The Bertz CT molecular complexity index is 1410. The lowest BCUT2D eigenvalue weighted by atomic mass is 9.84. The predicted octanol–water partition coefficient (Wildman–Crippen LogP) is 5.70. The fourth-order valence-corrected chi connectivity index (χ4v) is 4.79. The lowest BCUT2D eigenvalue weighted by molar-refractivity contribution is -0.113. The number of piperidine rings is 1. The number of nitrogens with one attached hydrogen (secondary N) is 1. The molecule has 0 saturated carbocycles. The maximum Gasteiger partial charge on any atom is 0.410 e. The molecule has 0 spiro atoms. The van der Waals surface area contributed by atoms with Gasteiger partial charge in [-0.25, -0.2) is 14.2 Å². The molecule has 41 heavy (non-hydrogen) atoms. The largest absolute Gasteiger partial charge is 0.471 e. The van der Waals surface area contributed by atoms with E-state index < -0.39 is 29.4 Å². The zero-order chi connectivity index (χ0) is 29.3. The van der Waals surface area contributed by atoms with Crippen LogP contribution in [0.25, 0.3) is 11.4 Å². The van der Waals surface area contributed by atoms with Crippen LogP contribution >= 0.6 is 0 Å². The molecule has 2 atom stereocenters. The van der Waals surface area contributed by atoms with Crippen LogP contribution < -0.4 is 10.1 Å². The molecule has 1 N–H and O–H groups in total. The fraction of sp³-hybridized carbons (Fsp3) is 0.448. The molecule has 2 saturated heterocycles. The Hall–Kier alpha value is -4.06. The molecule has 2 aromatic heterocycles. The van der Waals surface area contributed by atoms with Gasteiger partial charge >= 0.3 is 6.09 Å². The van der Waals surface area contributed by atoms with Crippen LogP contribution in [0.4, 0.5) is 25.0 Å². The number of hydrogen-bond acceptors (Lipinski definition) is 9. The molecule has 2 aliphatic rings. The fourth-order valence-electron chi connectivity index (χ4n) is 4.79. The number of ether oxygens (including phenoxy) is 3. The van der Waals surface area contributed by atoms with Crippen LogP contribution in [-0.4, -0.2) is 64.1 Å². The quantitative estimate of drug-likeness (QED) is 0.341. The van der Waals surface area contributed by atoms with E-state index in [-0.39, 0.29) is 40.8 Å². The minimum absolute atomic E-state index is 0.00242. The molecular formula is C29H33F2N5O5. The van der Waals surface area contributed by atoms with Crippen molar-refractivity contribution in [3.63, 3.8) is 0 Å². The number of nitrogens with zero attached hydrogens (tertiary/aromatic N) is 4. The van der Waals surface area contributed by atoms with Gasteiger partial charge in [-0.05, 0) is 44.2 Å². The molecule has 1 aromatic carbocycles. The Labute approximate surface area is 236 Å². The van der Waals surface area contributed by atoms with Crippen molar-refractivity contribution in [2.45, 2.75) is 45.3 Å². The third kappa shape index (κ3) is 6.17. The van der Waals surface area contributed by atoms with Crippen molar-refractivity contribution in [1.29, 1.82) is 0 Å². The van der Waals surface area contributed by atoms with E-state index in [2.05, 4.69) is 27.0 Å². The number of halogens is 2. The molecule has 2 fully saturated rings. The van der Waals surface area contributed by atoms with E-state index >= 15 is 4.39 Å². The monoisotopic (exact) mass is 569 g/mol. The van der Waals surface area contributed by atoms with Crippen LogP contribution in [0, 0.1) is 23.5 Å². The van der Waals surface area contributed by atoms with Gasteiger partial charge < -0.3 is 29.0 Å². The highest BCUT2D eigenvalue weighted by Crippen LogP contribution is 2.35. The Morgan fingerprint density at radius 3 is 2.56 bits per heavy atom. The van der Waals surface area contributed by atoms with Crippen LogP contribution in [0.2, 0.25) is 0 Å². The third-order valence-electron chi connectivity index (χ3n) is 7.14. The number of aromatic nitrogens is 3. The molecule has 2 aliphatic heterocycles. The van der Waals surface area contributed by atoms with Gasteiger partial charge in [0.25, 0.3) is 5.88 Å². The van der Waals surface area contributed by atoms with Gasteiger partial charge in [0.05, 0.1) is 24.6 Å². The highest BCUT2D eigenvalue weighted by atomic mass is 19.1. The van der Waals surface area contributed by atoms with E-state index in [0.717, 1.165) is 0 Å². The van der Waals surface area contributed by atoms with Crippen LogP contribution in [0.15, 0.2) is 47.6 Å². The number of amides is 1. The van der Waals surface area contributed by atoms with Gasteiger partial charge in [0.2, 0.25) is 17.5 Å². The number of pyridine rings is 1. The average molecular weight is 570 g/mol. The SMILES string of the molecule is C=CC(C)(C)OC(=O)N1CC2COCC(C1)C2Oc1nccc(Nc2ccc(-c3noc(C(C)C)n3)cc2F)c1F. The number of carbonyl (C=O) groups is 1. The van der Waals surface area contributed by atoms with Gasteiger partial charge in [0, 0.05) is 42.6 Å². The lowest BCUT2D eigenvalue weighted by Gasteiger charge is -2.46. The Balaban J connectivity index is 1.29. The number of carbonyl (C=O) groups excluding carboxylic acids is 1. The first-order valence-corrected chi connectivity index (χ1v) is 13.5. The maximum atomic E-state index is 15.5. The lowest BCUT2D eigenvalue weighted by Crippen LogP contribution is -2.59. The molecule has 5 rings (SSSR count).